The summed E-state index contributed by atoms with van der Waals surface area (Å²) in [6, 6.07) is 15.1. The number of amides is 2. The molecule has 2 amide bonds. The first-order valence-corrected chi connectivity index (χ1v) is 10.7. The van der Waals surface area contributed by atoms with Crippen LogP contribution in [-0.4, -0.2) is 61.7 Å². The highest BCUT2D eigenvalue weighted by atomic mass is 19.4. The highest BCUT2D eigenvalue weighted by molar-refractivity contribution is 5.88. The number of hydrogen-bond donors (Lipinski definition) is 3. The van der Waals surface area contributed by atoms with Gasteiger partial charge in [-0.1, -0.05) is 48.5 Å². The highest BCUT2D eigenvalue weighted by Crippen LogP contribution is 2.44. The number of carboxylic acids is 1. The van der Waals surface area contributed by atoms with E-state index in [1.165, 1.54) is 0 Å². The molecule has 0 fully saturated rings. The fraction of sp³-hybridized carbons (Fsp3) is 0.375. The van der Waals surface area contributed by atoms with Crippen molar-refractivity contribution in [2.75, 3.05) is 26.9 Å². The van der Waals surface area contributed by atoms with Gasteiger partial charge < -0.3 is 25.2 Å². The van der Waals surface area contributed by atoms with E-state index < -0.39 is 48.8 Å². The molecule has 0 radical (unpaired) electrons. The Morgan fingerprint density at radius 3 is 2.06 bits per heavy atom. The van der Waals surface area contributed by atoms with Crippen LogP contribution in [0.3, 0.4) is 0 Å². The Labute approximate surface area is 199 Å². The summed E-state index contributed by atoms with van der Waals surface area (Å²) >= 11 is 0. The lowest BCUT2D eigenvalue weighted by molar-refractivity contribution is -0.184. The molecule has 8 nitrogen and oxygen atoms in total. The lowest BCUT2D eigenvalue weighted by atomic mass is 9.98. The van der Waals surface area contributed by atoms with E-state index in [-0.39, 0.29) is 12.5 Å². The summed E-state index contributed by atoms with van der Waals surface area (Å²) in [5, 5.41) is 13.1. The Bertz CT molecular complexity index is 1060. The third-order valence-corrected chi connectivity index (χ3v) is 5.81. The van der Waals surface area contributed by atoms with Gasteiger partial charge in [0.15, 0.2) is 11.5 Å². The number of halogens is 3. The van der Waals surface area contributed by atoms with Crippen LogP contribution in [0.15, 0.2) is 48.5 Å². The second-order valence-corrected chi connectivity index (χ2v) is 8.36. The quantitative estimate of drug-likeness (QED) is 0.493. The van der Waals surface area contributed by atoms with Gasteiger partial charge >= 0.3 is 18.2 Å². The lowest BCUT2D eigenvalue weighted by Crippen LogP contribution is -2.59. The van der Waals surface area contributed by atoms with Gasteiger partial charge in [-0.15, -0.1) is 0 Å². The Morgan fingerprint density at radius 2 is 1.57 bits per heavy atom. The van der Waals surface area contributed by atoms with Crippen LogP contribution in [0.4, 0.5) is 18.0 Å². The van der Waals surface area contributed by atoms with Gasteiger partial charge in [0.25, 0.3) is 0 Å². The van der Waals surface area contributed by atoms with Crippen LogP contribution in [0.2, 0.25) is 0 Å². The fourth-order valence-electron chi connectivity index (χ4n) is 3.99. The molecule has 0 bridgehead atoms. The molecule has 11 heteroatoms. The minimum atomic E-state index is -5.05. The Kier molecular flexibility index (Phi) is 7.69. The monoisotopic (exact) mass is 494 g/mol. The van der Waals surface area contributed by atoms with Crippen LogP contribution in [0, 0.1) is 5.92 Å². The van der Waals surface area contributed by atoms with E-state index >= 15 is 0 Å². The van der Waals surface area contributed by atoms with Crippen molar-refractivity contribution in [3.63, 3.8) is 0 Å². The van der Waals surface area contributed by atoms with Gasteiger partial charge in [-0.25, -0.2) is 9.59 Å². The number of hydrogen-bond acceptors (Lipinski definition) is 5. The number of aliphatic carboxylic acids is 1. The van der Waals surface area contributed by atoms with E-state index in [0.29, 0.717) is 0 Å². The highest BCUT2D eigenvalue weighted by Gasteiger charge is 2.48. The Morgan fingerprint density at radius 1 is 1.03 bits per heavy atom. The standard InChI is InChI=1S/C24H25F3N2O6/c1-23(13-34-2,21(31)32)29-20(30)19(24(25,26)27)11-28-22(33)35-12-18-16-9-5-3-7-14(16)15-8-4-6-10-17(15)18/h3-10,18-19H,11-13H2,1-2H3,(H,28,33)(H,29,30)(H,31,32). The fourth-order valence-corrected chi connectivity index (χ4v) is 3.99. The van der Waals surface area contributed by atoms with Gasteiger partial charge in [-0.2, -0.15) is 13.2 Å². The summed E-state index contributed by atoms with van der Waals surface area (Å²) in [6.45, 7) is -0.788. The molecule has 2 unspecified atom stereocenters. The van der Waals surface area contributed by atoms with Gasteiger partial charge in [0, 0.05) is 19.6 Å². The number of carbonyl (C=O) groups excluding carboxylic acids is 2. The molecule has 2 aromatic rings. The predicted octanol–water partition coefficient (Wildman–Crippen LogP) is 3.31. The van der Waals surface area contributed by atoms with Crippen molar-refractivity contribution >= 4 is 18.0 Å². The first kappa shape index (κ1) is 26.0. The molecule has 0 heterocycles. The molecule has 0 aliphatic heterocycles. The first-order chi connectivity index (χ1) is 16.5. The van der Waals surface area contributed by atoms with Gasteiger partial charge in [-0.3, -0.25) is 4.79 Å². The van der Waals surface area contributed by atoms with Crippen molar-refractivity contribution in [2.45, 2.75) is 24.6 Å². The molecule has 0 saturated carbocycles. The number of alkyl halides is 3. The minimum absolute atomic E-state index is 0.117. The molecule has 188 valence electrons. The normalized spacial score (nSPS) is 15.3. The summed E-state index contributed by atoms with van der Waals surface area (Å²) in [5.74, 6) is -6.17. The third-order valence-electron chi connectivity index (χ3n) is 5.81. The van der Waals surface area contributed by atoms with Crippen molar-refractivity contribution in [1.82, 2.24) is 10.6 Å². The van der Waals surface area contributed by atoms with E-state index in [9.17, 15) is 32.7 Å². The van der Waals surface area contributed by atoms with Gasteiger partial charge in [0.1, 0.15) is 6.61 Å². The second-order valence-electron chi connectivity index (χ2n) is 8.36. The van der Waals surface area contributed by atoms with Gasteiger partial charge in [0.05, 0.1) is 6.61 Å². The zero-order valence-corrected chi connectivity index (χ0v) is 19.0. The largest absolute Gasteiger partial charge is 0.479 e. The summed E-state index contributed by atoms with van der Waals surface area (Å²) in [6.07, 6.45) is -6.18. The van der Waals surface area contributed by atoms with Gasteiger partial charge in [0.2, 0.25) is 5.91 Å². The maximum Gasteiger partial charge on any atom is 0.407 e. The average molecular weight is 494 g/mol. The number of alkyl carbamates (subject to hydrolysis) is 1. The SMILES string of the molecule is COCC(C)(NC(=O)C(CNC(=O)OCC1c2ccccc2-c2ccccc21)C(F)(F)F)C(=O)O. The van der Waals surface area contributed by atoms with E-state index in [1.54, 1.807) is 0 Å². The van der Waals surface area contributed by atoms with Crippen molar-refractivity contribution in [2.24, 2.45) is 5.92 Å². The topological polar surface area (TPSA) is 114 Å². The number of rotatable bonds is 9. The van der Waals surface area contributed by atoms with E-state index in [2.05, 4.69) is 0 Å². The maximum absolute atomic E-state index is 13.5. The Balaban J connectivity index is 1.64. The number of benzene rings is 2. The van der Waals surface area contributed by atoms with Crippen LogP contribution in [-0.2, 0) is 19.1 Å². The summed E-state index contributed by atoms with van der Waals surface area (Å²) in [7, 11) is 1.15. The number of methoxy groups -OCH3 is 1. The van der Waals surface area contributed by atoms with Crippen LogP contribution in [0.5, 0.6) is 0 Å². The first-order valence-electron chi connectivity index (χ1n) is 10.7. The zero-order valence-electron chi connectivity index (χ0n) is 19.0. The van der Waals surface area contributed by atoms with E-state index in [1.807, 2.05) is 59.2 Å². The molecule has 35 heavy (non-hydrogen) atoms. The molecular formula is C24H25F3N2O6. The molecule has 2 atom stereocenters. The summed E-state index contributed by atoms with van der Waals surface area (Å²) in [5.41, 5.74) is 1.76. The van der Waals surface area contributed by atoms with E-state index in [0.717, 1.165) is 36.3 Å². The summed E-state index contributed by atoms with van der Waals surface area (Å²) < 4.78 is 50.4. The van der Waals surface area contributed by atoms with Crippen LogP contribution in [0.25, 0.3) is 11.1 Å². The molecule has 2 aromatic carbocycles. The smallest absolute Gasteiger partial charge is 0.407 e. The lowest BCUT2D eigenvalue weighted by Gasteiger charge is -2.28. The van der Waals surface area contributed by atoms with Gasteiger partial charge in [-0.05, 0) is 29.2 Å². The van der Waals surface area contributed by atoms with E-state index in [4.69, 9.17) is 9.47 Å². The van der Waals surface area contributed by atoms with Crippen molar-refractivity contribution in [3.8, 4) is 11.1 Å². The molecule has 0 spiro atoms. The average Bonchev–Trinajstić information content (AvgIpc) is 3.10. The number of fused-ring (bicyclic) bond motifs is 3. The molecule has 0 saturated heterocycles. The third kappa shape index (κ3) is 5.73. The second kappa shape index (κ2) is 10.3. The summed E-state index contributed by atoms with van der Waals surface area (Å²) in [4.78, 5) is 35.9. The molecule has 1 aliphatic carbocycles. The maximum atomic E-state index is 13.5. The van der Waals surface area contributed by atoms with Crippen LogP contribution >= 0.6 is 0 Å². The van der Waals surface area contributed by atoms with Crippen molar-refractivity contribution in [3.05, 3.63) is 59.7 Å². The molecule has 0 aromatic heterocycles. The molecule has 3 N–H and O–H groups in total. The predicted molar refractivity (Wildman–Crippen MR) is 119 cm³/mol. The number of nitrogens with one attached hydrogen (secondary N) is 2. The molecular weight excluding hydrogens is 469 g/mol. The Hall–Kier alpha value is -3.60. The number of carbonyl (C=O) groups is 3. The van der Waals surface area contributed by atoms with Crippen LogP contribution < -0.4 is 10.6 Å². The number of carboxylic acid groups (broad SMARTS) is 1. The van der Waals surface area contributed by atoms with Crippen molar-refractivity contribution in [1.29, 1.82) is 0 Å². The van der Waals surface area contributed by atoms with Crippen LogP contribution in [0.1, 0.15) is 24.0 Å². The van der Waals surface area contributed by atoms with Crippen molar-refractivity contribution < 1.29 is 42.1 Å². The molecule has 3 rings (SSSR count). The number of ether oxygens (including phenoxy) is 2. The minimum Gasteiger partial charge on any atom is -0.479 e. The molecule has 1 aliphatic rings. The zero-order chi connectivity index (χ0) is 25.8.